The number of hydrogen-bond donors (Lipinski definition) is 1. The fraction of sp³-hybridized carbons (Fsp3) is 0.929. The predicted molar refractivity (Wildman–Crippen MR) is 73.0 cm³/mol. The van der Waals surface area contributed by atoms with E-state index in [-0.39, 0.29) is 6.03 Å². The van der Waals surface area contributed by atoms with Crippen molar-refractivity contribution in [3.8, 4) is 0 Å². The van der Waals surface area contributed by atoms with Crippen LogP contribution in [0.4, 0.5) is 4.79 Å². The highest BCUT2D eigenvalue weighted by Gasteiger charge is 2.40. The van der Waals surface area contributed by atoms with Crippen LogP contribution in [-0.2, 0) is 4.74 Å². The quantitative estimate of drug-likeness (QED) is 0.821. The molecule has 3 saturated heterocycles. The standard InChI is InChI=1S/C14H25N3O2/c1-16-13(12-3-6-19-7-4-12)10-17(14(16)18)9-11-2-5-15-8-11/h11-13,15H,2-10H2,1H3. The lowest BCUT2D eigenvalue weighted by molar-refractivity contribution is 0.0451. The summed E-state index contributed by atoms with van der Waals surface area (Å²) >= 11 is 0. The van der Waals surface area contributed by atoms with Gasteiger partial charge < -0.3 is 19.9 Å². The molecule has 108 valence electrons. The molecule has 0 aromatic heterocycles. The first kappa shape index (κ1) is 13.2. The third-order valence-electron chi connectivity index (χ3n) is 4.93. The third-order valence-corrected chi connectivity index (χ3v) is 4.93. The van der Waals surface area contributed by atoms with E-state index in [0.29, 0.717) is 17.9 Å². The zero-order valence-electron chi connectivity index (χ0n) is 11.8. The number of amides is 2. The molecule has 0 bridgehead atoms. The second-order valence-electron chi connectivity index (χ2n) is 6.17. The van der Waals surface area contributed by atoms with Crippen LogP contribution in [0.15, 0.2) is 0 Å². The summed E-state index contributed by atoms with van der Waals surface area (Å²) in [5.74, 6) is 1.26. The highest BCUT2D eigenvalue weighted by molar-refractivity contribution is 5.77. The van der Waals surface area contributed by atoms with Crippen LogP contribution in [0.25, 0.3) is 0 Å². The lowest BCUT2D eigenvalue weighted by Gasteiger charge is -2.30. The van der Waals surface area contributed by atoms with Crippen molar-refractivity contribution in [1.29, 1.82) is 0 Å². The van der Waals surface area contributed by atoms with Crippen LogP contribution in [0.3, 0.4) is 0 Å². The van der Waals surface area contributed by atoms with Gasteiger partial charge in [0.05, 0.1) is 6.04 Å². The van der Waals surface area contributed by atoms with Crippen molar-refractivity contribution in [2.24, 2.45) is 11.8 Å². The molecule has 19 heavy (non-hydrogen) atoms. The van der Waals surface area contributed by atoms with Gasteiger partial charge in [0.2, 0.25) is 0 Å². The molecule has 0 aromatic carbocycles. The SMILES string of the molecule is CN1C(=O)N(CC2CCNC2)CC1C1CCOCC1. The molecule has 0 saturated carbocycles. The van der Waals surface area contributed by atoms with Gasteiger partial charge >= 0.3 is 6.03 Å². The molecule has 3 aliphatic heterocycles. The molecular weight excluding hydrogens is 242 g/mol. The second kappa shape index (κ2) is 5.67. The van der Waals surface area contributed by atoms with E-state index < -0.39 is 0 Å². The number of hydrogen-bond acceptors (Lipinski definition) is 3. The van der Waals surface area contributed by atoms with E-state index >= 15 is 0 Å². The van der Waals surface area contributed by atoms with Crippen molar-refractivity contribution in [3.05, 3.63) is 0 Å². The van der Waals surface area contributed by atoms with E-state index in [1.807, 2.05) is 11.9 Å². The van der Waals surface area contributed by atoms with E-state index in [1.54, 1.807) is 0 Å². The maximum absolute atomic E-state index is 12.3. The fourth-order valence-corrected chi connectivity index (χ4v) is 3.69. The van der Waals surface area contributed by atoms with Gasteiger partial charge in [0.25, 0.3) is 0 Å². The Hall–Kier alpha value is -0.810. The minimum absolute atomic E-state index is 0.225. The van der Waals surface area contributed by atoms with Crippen LogP contribution in [0.5, 0.6) is 0 Å². The van der Waals surface area contributed by atoms with Crippen molar-refractivity contribution in [1.82, 2.24) is 15.1 Å². The minimum Gasteiger partial charge on any atom is -0.381 e. The van der Waals surface area contributed by atoms with E-state index in [2.05, 4.69) is 10.2 Å². The molecule has 2 atom stereocenters. The maximum Gasteiger partial charge on any atom is 0.320 e. The topological polar surface area (TPSA) is 44.8 Å². The molecule has 5 nitrogen and oxygen atoms in total. The Bertz CT molecular complexity index is 325. The smallest absolute Gasteiger partial charge is 0.320 e. The van der Waals surface area contributed by atoms with Crippen LogP contribution in [0, 0.1) is 11.8 Å². The maximum atomic E-state index is 12.3. The molecule has 3 aliphatic rings. The highest BCUT2D eigenvalue weighted by Crippen LogP contribution is 2.28. The monoisotopic (exact) mass is 267 g/mol. The van der Waals surface area contributed by atoms with Gasteiger partial charge in [0, 0.05) is 33.4 Å². The molecule has 2 amide bonds. The molecule has 3 heterocycles. The van der Waals surface area contributed by atoms with Gasteiger partial charge in [-0.2, -0.15) is 0 Å². The lowest BCUT2D eigenvalue weighted by atomic mass is 9.91. The normalized spacial score (nSPS) is 33.4. The van der Waals surface area contributed by atoms with Crippen LogP contribution >= 0.6 is 0 Å². The van der Waals surface area contributed by atoms with Crippen molar-refractivity contribution >= 4 is 6.03 Å². The molecule has 2 unspecified atom stereocenters. The summed E-state index contributed by atoms with van der Waals surface area (Å²) in [5.41, 5.74) is 0. The Morgan fingerprint density at radius 2 is 2.11 bits per heavy atom. The van der Waals surface area contributed by atoms with Crippen LogP contribution in [0.1, 0.15) is 19.3 Å². The summed E-state index contributed by atoms with van der Waals surface area (Å²) < 4.78 is 5.43. The number of rotatable bonds is 3. The Morgan fingerprint density at radius 3 is 2.79 bits per heavy atom. The van der Waals surface area contributed by atoms with E-state index in [1.165, 1.54) is 6.42 Å². The molecule has 3 rings (SSSR count). The predicted octanol–water partition coefficient (Wildman–Crippen LogP) is 0.759. The largest absolute Gasteiger partial charge is 0.381 e. The van der Waals surface area contributed by atoms with E-state index in [0.717, 1.165) is 52.2 Å². The number of nitrogens with zero attached hydrogens (tertiary/aromatic N) is 2. The number of likely N-dealkylation sites (N-methyl/N-ethyl adjacent to an activating group) is 1. The van der Waals surface area contributed by atoms with Gasteiger partial charge in [-0.3, -0.25) is 0 Å². The molecule has 0 spiro atoms. The van der Waals surface area contributed by atoms with Gasteiger partial charge in [-0.1, -0.05) is 0 Å². The lowest BCUT2D eigenvalue weighted by Crippen LogP contribution is -2.38. The van der Waals surface area contributed by atoms with Gasteiger partial charge in [0.15, 0.2) is 0 Å². The Labute approximate surface area is 115 Å². The van der Waals surface area contributed by atoms with E-state index in [4.69, 9.17) is 4.74 Å². The summed E-state index contributed by atoms with van der Waals surface area (Å²) in [5, 5.41) is 3.38. The van der Waals surface area contributed by atoms with Crippen LogP contribution in [-0.4, -0.2) is 68.3 Å². The van der Waals surface area contributed by atoms with Crippen molar-refractivity contribution in [2.45, 2.75) is 25.3 Å². The molecular formula is C14H25N3O2. The van der Waals surface area contributed by atoms with Gasteiger partial charge in [-0.25, -0.2) is 4.79 Å². The molecule has 3 fully saturated rings. The number of urea groups is 1. The molecule has 1 N–H and O–H groups in total. The highest BCUT2D eigenvalue weighted by atomic mass is 16.5. The van der Waals surface area contributed by atoms with Crippen LogP contribution < -0.4 is 5.32 Å². The average molecular weight is 267 g/mol. The Kier molecular flexibility index (Phi) is 3.93. The molecule has 0 radical (unpaired) electrons. The van der Waals surface area contributed by atoms with Crippen LogP contribution in [0.2, 0.25) is 0 Å². The molecule has 0 aromatic rings. The minimum atomic E-state index is 0.225. The molecule has 0 aliphatic carbocycles. The van der Waals surface area contributed by atoms with E-state index in [9.17, 15) is 4.79 Å². The number of carbonyl (C=O) groups is 1. The summed E-state index contributed by atoms with van der Waals surface area (Å²) in [6.07, 6.45) is 3.40. The van der Waals surface area contributed by atoms with Gasteiger partial charge in [-0.05, 0) is 44.2 Å². The summed E-state index contributed by atoms with van der Waals surface area (Å²) in [6, 6.07) is 0.620. The zero-order chi connectivity index (χ0) is 13.2. The number of nitrogens with one attached hydrogen (secondary N) is 1. The Morgan fingerprint density at radius 1 is 1.32 bits per heavy atom. The van der Waals surface area contributed by atoms with Crippen molar-refractivity contribution in [3.63, 3.8) is 0 Å². The molecule has 5 heteroatoms. The fourth-order valence-electron chi connectivity index (χ4n) is 3.69. The van der Waals surface area contributed by atoms with Gasteiger partial charge in [-0.15, -0.1) is 0 Å². The van der Waals surface area contributed by atoms with Crippen molar-refractivity contribution < 1.29 is 9.53 Å². The van der Waals surface area contributed by atoms with Gasteiger partial charge in [0.1, 0.15) is 0 Å². The zero-order valence-corrected chi connectivity index (χ0v) is 11.8. The number of carbonyl (C=O) groups excluding carboxylic acids is 1. The summed E-state index contributed by atoms with van der Waals surface area (Å²) in [6.45, 7) is 5.72. The first-order valence-corrected chi connectivity index (χ1v) is 7.56. The second-order valence-corrected chi connectivity index (χ2v) is 6.17. The first-order valence-electron chi connectivity index (χ1n) is 7.56. The Balaban J connectivity index is 1.59. The first-order chi connectivity index (χ1) is 9.25. The number of ether oxygens (including phenoxy) is 1. The van der Waals surface area contributed by atoms with Crippen molar-refractivity contribution in [2.75, 3.05) is 46.4 Å². The average Bonchev–Trinajstić information content (AvgIpc) is 3.04. The third kappa shape index (κ3) is 2.72. The summed E-state index contributed by atoms with van der Waals surface area (Å²) in [7, 11) is 1.97. The summed E-state index contributed by atoms with van der Waals surface area (Å²) in [4.78, 5) is 16.4.